The monoisotopic (exact) mass is 240 g/mol. The molecule has 6 heteroatoms. The van der Waals surface area contributed by atoms with Gasteiger partial charge in [0.1, 0.15) is 12.1 Å². The van der Waals surface area contributed by atoms with Crippen LogP contribution in [0.15, 0.2) is 24.5 Å². The molecule has 0 spiro atoms. The van der Waals surface area contributed by atoms with Crippen LogP contribution in [0, 0.1) is 5.82 Å². The van der Waals surface area contributed by atoms with Gasteiger partial charge in [0.2, 0.25) is 0 Å². The van der Waals surface area contributed by atoms with Crippen LogP contribution in [-0.2, 0) is 13.1 Å². The van der Waals surface area contributed by atoms with Crippen LogP contribution in [0.2, 0.25) is 5.02 Å². The van der Waals surface area contributed by atoms with Gasteiger partial charge in [-0.15, -0.1) is 0 Å². The quantitative estimate of drug-likeness (QED) is 0.886. The zero-order valence-corrected chi connectivity index (χ0v) is 9.15. The first-order chi connectivity index (χ1) is 7.69. The number of nitrogens with two attached hydrogens (primary N) is 1. The van der Waals surface area contributed by atoms with Gasteiger partial charge < -0.3 is 5.73 Å². The van der Waals surface area contributed by atoms with Crippen molar-refractivity contribution in [2.75, 3.05) is 0 Å². The minimum Gasteiger partial charge on any atom is -0.324 e. The highest BCUT2D eigenvalue weighted by Gasteiger charge is 2.05. The fraction of sp³-hybridized carbons (Fsp3) is 0.200. The summed E-state index contributed by atoms with van der Waals surface area (Å²) < 4.78 is 14.9. The molecule has 0 bridgehead atoms. The van der Waals surface area contributed by atoms with Crippen LogP contribution >= 0.6 is 11.6 Å². The van der Waals surface area contributed by atoms with E-state index in [2.05, 4.69) is 10.1 Å². The average Bonchev–Trinajstić information content (AvgIpc) is 2.71. The molecule has 0 radical (unpaired) electrons. The van der Waals surface area contributed by atoms with Crippen molar-refractivity contribution in [1.29, 1.82) is 0 Å². The fourth-order valence-electron chi connectivity index (χ4n) is 1.34. The first-order valence-corrected chi connectivity index (χ1v) is 5.09. The summed E-state index contributed by atoms with van der Waals surface area (Å²) in [6.07, 6.45) is 1.52. The molecular formula is C10H10ClFN4. The molecule has 1 aromatic heterocycles. The standard InChI is InChI=1S/C10H10ClFN4/c11-8-1-2-9(12)7(3-8)5-16-6-14-10(4-13)15-16/h1-3,6H,4-5,13H2. The summed E-state index contributed by atoms with van der Waals surface area (Å²) in [6, 6.07) is 4.41. The van der Waals surface area contributed by atoms with Crippen molar-refractivity contribution >= 4 is 11.6 Å². The van der Waals surface area contributed by atoms with Gasteiger partial charge in [-0.2, -0.15) is 5.10 Å². The lowest BCUT2D eigenvalue weighted by molar-refractivity contribution is 0.582. The Balaban J connectivity index is 2.22. The van der Waals surface area contributed by atoms with Crippen LogP contribution < -0.4 is 5.73 Å². The molecule has 0 atom stereocenters. The van der Waals surface area contributed by atoms with Gasteiger partial charge in [0.05, 0.1) is 13.1 Å². The van der Waals surface area contributed by atoms with Crippen LogP contribution in [0.4, 0.5) is 4.39 Å². The zero-order valence-electron chi connectivity index (χ0n) is 8.40. The van der Waals surface area contributed by atoms with Gasteiger partial charge in [-0.1, -0.05) is 11.6 Å². The maximum absolute atomic E-state index is 13.4. The second kappa shape index (κ2) is 4.59. The summed E-state index contributed by atoms with van der Waals surface area (Å²) in [5, 5.41) is 4.56. The normalized spacial score (nSPS) is 10.7. The molecule has 16 heavy (non-hydrogen) atoms. The predicted octanol–water partition coefficient (Wildman–Crippen LogP) is 1.58. The number of nitrogens with zero attached hydrogens (tertiary/aromatic N) is 3. The Bertz CT molecular complexity index is 497. The molecule has 0 saturated heterocycles. The highest BCUT2D eigenvalue weighted by Crippen LogP contribution is 2.15. The number of halogens is 2. The summed E-state index contributed by atoms with van der Waals surface area (Å²) in [4.78, 5) is 3.95. The Labute approximate surface area is 96.9 Å². The Morgan fingerprint density at radius 1 is 1.44 bits per heavy atom. The first kappa shape index (κ1) is 11.0. The number of rotatable bonds is 3. The van der Waals surface area contributed by atoms with Crippen molar-refractivity contribution in [2.45, 2.75) is 13.1 Å². The highest BCUT2D eigenvalue weighted by atomic mass is 35.5. The molecule has 4 nitrogen and oxygen atoms in total. The lowest BCUT2D eigenvalue weighted by atomic mass is 10.2. The Hall–Kier alpha value is -1.46. The summed E-state index contributed by atoms with van der Waals surface area (Å²) in [5.41, 5.74) is 5.85. The van der Waals surface area contributed by atoms with Crippen LogP contribution in [0.3, 0.4) is 0 Å². The topological polar surface area (TPSA) is 56.7 Å². The van der Waals surface area contributed by atoms with Crippen molar-refractivity contribution in [3.8, 4) is 0 Å². The Morgan fingerprint density at radius 3 is 2.94 bits per heavy atom. The van der Waals surface area contributed by atoms with Crippen molar-refractivity contribution in [3.63, 3.8) is 0 Å². The van der Waals surface area contributed by atoms with Gasteiger partial charge in [0.25, 0.3) is 0 Å². The molecule has 0 unspecified atom stereocenters. The summed E-state index contributed by atoms with van der Waals surface area (Å²) in [5.74, 6) is 0.219. The van der Waals surface area contributed by atoms with Gasteiger partial charge in [0, 0.05) is 10.6 Å². The van der Waals surface area contributed by atoms with E-state index in [4.69, 9.17) is 17.3 Å². The Kier molecular flexibility index (Phi) is 3.17. The van der Waals surface area contributed by atoms with Crippen molar-refractivity contribution in [2.24, 2.45) is 5.73 Å². The maximum Gasteiger partial charge on any atom is 0.164 e. The van der Waals surface area contributed by atoms with E-state index in [9.17, 15) is 4.39 Å². The molecular weight excluding hydrogens is 231 g/mol. The second-order valence-corrected chi connectivity index (χ2v) is 3.73. The number of hydrogen-bond donors (Lipinski definition) is 1. The predicted molar refractivity (Wildman–Crippen MR) is 58.4 cm³/mol. The van der Waals surface area contributed by atoms with E-state index in [0.29, 0.717) is 23.0 Å². The number of aromatic nitrogens is 3. The van der Waals surface area contributed by atoms with Crippen molar-refractivity contribution in [1.82, 2.24) is 14.8 Å². The van der Waals surface area contributed by atoms with Gasteiger partial charge in [-0.05, 0) is 18.2 Å². The van der Waals surface area contributed by atoms with E-state index < -0.39 is 0 Å². The van der Waals surface area contributed by atoms with Crippen LogP contribution in [-0.4, -0.2) is 14.8 Å². The van der Waals surface area contributed by atoms with Gasteiger partial charge in [-0.25, -0.2) is 14.1 Å². The minimum absolute atomic E-state index is 0.269. The van der Waals surface area contributed by atoms with E-state index in [1.807, 2.05) is 0 Å². The molecule has 1 aromatic carbocycles. The third kappa shape index (κ3) is 2.37. The van der Waals surface area contributed by atoms with E-state index in [0.717, 1.165) is 0 Å². The molecule has 0 amide bonds. The largest absolute Gasteiger partial charge is 0.324 e. The molecule has 0 aliphatic carbocycles. The van der Waals surface area contributed by atoms with E-state index >= 15 is 0 Å². The minimum atomic E-state index is -0.311. The third-order valence-electron chi connectivity index (χ3n) is 2.11. The van der Waals surface area contributed by atoms with Crippen LogP contribution in [0.25, 0.3) is 0 Å². The van der Waals surface area contributed by atoms with Crippen molar-refractivity contribution < 1.29 is 4.39 Å². The van der Waals surface area contributed by atoms with Gasteiger partial charge in [0.15, 0.2) is 5.82 Å². The average molecular weight is 241 g/mol. The fourth-order valence-corrected chi connectivity index (χ4v) is 1.54. The molecule has 2 rings (SSSR count). The van der Waals surface area contributed by atoms with Gasteiger partial charge in [-0.3, -0.25) is 0 Å². The lowest BCUT2D eigenvalue weighted by Crippen LogP contribution is -2.05. The molecule has 1 heterocycles. The molecule has 0 fully saturated rings. The first-order valence-electron chi connectivity index (χ1n) is 4.71. The van der Waals surface area contributed by atoms with Crippen molar-refractivity contribution in [3.05, 3.63) is 46.8 Å². The van der Waals surface area contributed by atoms with E-state index in [1.165, 1.54) is 23.1 Å². The third-order valence-corrected chi connectivity index (χ3v) is 2.34. The molecule has 2 N–H and O–H groups in total. The SMILES string of the molecule is NCc1ncn(Cc2cc(Cl)ccc2F)n1. The number of hydrogen-bond acceptors (Lipinski definition) is 3. The van der Waals surface area contributed by atoms with E-state index in [1.54, 1.807) is 6.07 Å². The highest BCUT2D eigenvalue weighted by molar-refractivity contribution is 6.30. The van der Waals surface area contributed by atoms with Gasteiger partial charge >= 0.3 is 0 Å². The van der Waals surface area contributed by atoms with E-state index in [-0.39, 0.29) is 12.4 Å². The molecule has 0 aliphatic heterocycles. The smallest absolute Gasteiger partial charge is 0.164 e. The molecule has 0 saturated carbocycles. The van der Waals surface area contributed by atoms with Crippen LogP contribution in [0.1, 0.15) is 11.4 Å². The Morgan fingerprint density at radius 2 is 2.25 bits per heavy atom. The lowest BCUT2D eigenvalue weighted by Gasteiger charge is -2.03. The molecule has 0 aliphatic rings. The second-order valence-electron chi connectivity index (χ2n) is 3.30. The number of benzene rings is 1. The zero-order chi connectivity index (χ0) is 11.5. The summed E-state index contributed by atoms with van der Waals surface area (Å²) >= 11 is 5.78. The van der Waals surface area contributed by atoms with Crippen LogP contribution in [0.5, 0.6) is 0 Å². The molecule has 84 valence electrons. The maximum atomic E-state index is 13.4. The summed E-state index contributed by atoms with van der Waals surface area (Å²) in [7, 11) is 0. The summed E-state index contributed by atoms with van der Waals surface area (Å²) in [6.45, 7) is 0.560. The molecule has 2 aromatic rings.